The Morgan fingerprint density at radius 3 is 3.10 bits per heavy atom. The van der Waals surface area contributed by atoms with Crippen molar-refractivity contribution >= 4 is 27.3 Å². The molecule has 3 nitrogen and oxygen atoms in total. The van der Waals surface area contributed by atoms with Crippen molar-refractivity contribution in [2.75, 3.05) is 19.7 Å². The molecule has 1 unspecified atom stereocenters. The third kappa shape index (κ3) is 2.94. The fourth-order valence-corrected chi connectivity index (χ4v) is 4.00. The SMILES string of the molecule is O=C(c1cc2c(F)cccc2s1)N1CCCC(CCO)C1. The number of rotatable bonds is 3. The molecule has 0 saturated carbocycles. The van der Waals surface area contributed by atoms with Gasteiger partial charge < -0.3 is 10.0 Å². The lowest BCUT2D eigenvalue weighted by Crippen LogP contribution is -2.39. The van der Waals surface area contributed by atoms with Crippen LogP contribution < -0.4 is 0 Å². The van der Waals surface area contributed by atoms with Crippen molar-refractivity contribution in [1.29, 1.82) is 0 Å². The predicted octanol–water partition coefficient (Wildman–Crippen LogP) is 3.28. The van der Waals surface area contributed by atoms with E-state index < -0.39 is 0 Å². The third-order valence-electron chi connectivity index (χ3n) is 4.06. The molecule has 2 heterocycles. The maximum atomic E-state index is 13.7. The van der Waals surface area contributed by atoms with Gasteiger partial charge in [0.2, 0.25) is 0 Å². The monoisotopic (exact) mass is 307 g/mol. The van der Waals surface area contributed by atoms with Gasteiger partial charge in [0.15, 0.2) is 0 Å². The highest BCUT2D eigenvalue weighted by molar-refractivity contribution is 7.20. The fraction of sp³-hybridized carbons (Fsp3) is 0.438. The van der Waals surface area contributed by atoms with Crippen LogP contribution >= 0.6 is 11.3 Å². The Kier molecular flexibility index (Phi) is 4.22. The molecule has 1 atom stereocenters. The molecule has 1 amide bonds. The third-order valence-corrected chi connectivity index (χ3v) is 5.15. The number of carbonyl (C=O) groups is 1. The van der Waals surface area contributed by atoms with Gasteiger partial charge in [-0.3, -0.25) is 4.79 Å². The van der Waals surface area contributed by atoms with E-state index in [1.54, 1.807) is 12.1 Å². The summed E-state index contributed by atoms with van der Waals surface area (Å²) in [6.07, 6.45) is 2.77. The molecule has 2 aromatic rings. The molecule has 3 rings (SSSR count). The number of thiophene rings is 1. The van der Waals surface area contributed by atoms with Crippen molar-refractivity contribution in [3.8, 4) is 0 Å². The molecule has 1 aromatic heterocycles. The first-order valence-electron chi connectivity index (χ1n) is 7.27. The number of fused-ring (bicyclic) bond motifs is 1. The lowest BCUT2D eigenvalue weighted by Gasteiger charge is -2.32. The number of likely N-dealkylation sites (tertiary alicyclic amines) is 1. The summed E-state index contributed by atoms with van der Waals surface area (Å²) in [4.78, 5) is 15.0. The Morgan fingerprint density at radius 2 is 2.33 bits per heavy atom. The van der Waals surface area contributed by atoms with Crippen LogP contribution in [0.1, 0.15) is 28.9 Å². The summed E-state index contributed by atoms with van der Waals surface area (Å²) in [5.41, 5.74) is 0. The van der Waals surface area contributed by atoms with Crippen LogP contribution in [-0.2, 0) is 0 Å². The van der Waals surface area contributed by atoms with E-state index in [1.165, 1.54) is 17.4 Å². The molecule has 112 valence electrons. The van der Waals surface area contributed by atoms with E-state index in [2.05, 4.69) is 0 Å². The number of hydrogen-bond donors (Lipinski definition) is 1. The highest BCUT2D eigenvalue weighted by Gasteiger charge is 2.25. The topological polar surface area (TPSA) is 40.5 Å². The van der Waals surface area contributed by atoms with Crippen molar-refractivity contribution in [2.24, 2.45) is 5.92 Å². The van der Waals surface area contributed by atoms with Crippen molar-refractivity contribution in [3.05, 3.63) is 35.0 Å². The van der Waals surface area contributed by atoms with Crippen LogP contribution in [0.5, 0.6) is 0 Å². The number of hydrogen-bond acceptors (Lipinski definition) is 3. The smallest absolute Gasteiger partial charge is 0.263 e. The van der Waals surface area contributed by atoms with E-state index in [4.69, 9.17) is 5.11 Å². The lowest BCUT2D eigenvalue weighted by molar-refractivity contribution is 0.0658. The molecule has 5 heteroatoms. The molecule has 1 aliphatic rings. The summed E-state index contributed by atoms with van der Waals surface area (Å²) < 4.78 is 14.5. The second-order valence-electron chi connectivity index (χ2n) is 5.53. The van der Waals surface area contributed by atoms with Crippen molar-refractivity contribution in [2.45, 2.75) is 19.3 Å². The number of carbonyl (C=O) groups excluding carboxylic acids is 1. The summed E-state index contributed by atoms with van der Waals surface area (Å²) in [5, 5.41) is 9.57. The van der Waals surface area contributed by atoms with Crippen LogP contribution in [0.15, 0.2) is 24.3 Å². The summed E-state index contributed by atoms with van der Waals surface area (Å²) >= 11 is 1.35. The summed E-state index contributed by atoms with van der Waals surface area (Å²) in [7, 11) is 0. The van der Waals surface area contributed by atoms with Crippen molar-refractivity contribution < 1.29 is 14.3 Å². The maximum Gasteiger partial charge on any atom is 0.263 e. The number of amides is 1. The molecule has 0 spiro atoms. The average molecular weight is 307 g/mol. The predicted molar refractivity (Wildman–Crippen MR) is 82.1 cm³/mol. The molecule has 1 aliphatic heterocycles. The molecule has 1 saturated heterocycles. The zero-order valence-electron chi connectivity index (χ0n) is 11.7. The number of aliphatic hydroxyl groups excluding tert-OH is 1. The zero-order chi connectivity index (χ0) is 14.8. The molecule has 1 fully saturated rings. The second kappa shape index (κ2) is 6.12. The molecular weight excluding hydrogens is 289 g/mol. The van der Waals surface area contributed by atoms with Crippen LogP contribution in [0, 0.1) is 11.7 Å². The second-order valence-corrected chi connectivity index (χ2v) is 6.62. The van der Waals surface area contributed by atoms with Gasteiger partial charge in [0.1, 0.15) is 5.82 Å². The van der Waals surface area contributed by atoms with Gasteiger partial charge in [0.25, 0.3) is 5.91 Å². The Bertz CT molecular complexity index is 653. The Balaban J connectivity index is 1.81. The largest absolute Gasteiger partial charge is 0.396 e. The van der Waals surface area contributed by atoms with Crippen LogP contribution in [-0.4, -0.2) is 35.6 Å². The minimum Gasteiger partial charge on any atom is -0.396 e. The minimum absolute atomic E-state index is 0.0155. The zero-order valence-corrected chi connectivity index (χ0v) is 12.5. The fourth-order valence-electron chi connectivity index (χ4n) is 2.95. The molecule has 0 bridgehead atoms. The first kappa shape index (κ1) is 14.5. The number of halogens is 1. The average Bonchev–Trinajstić information content (AvgIpc) is 2.93. The first-order chi connectivity index (χ1) is 10.2. The van der Waals surface area contributed by atoms with Gasteiger partial charge in [-0.25, -0.2) is 4.39 Å². The normalized spacial score (nSPS) is 19.1. The lowest BCUT2D eigenvalue weighted by atomic mass is 9.95. The van der Waals surface area contributed by atoms with Crippen LogP contribution in [0.4, 0.5) is 4.39 Å². The molecule has 21 heavy (non-hydrogen) atoms. The Morgan fingerprint density at radius 1 is 1.48 bits per heavy atom. The van der Waals surface area contributed by atoms with Crippen LogP contribution in [0.3, 0.4) is 0 Å². The molecule has 1 aromatic carbocycles. The van der Waals surface area contributed by atoms with Crippen LogP contribution in [0.25, 0.3) is 10.1 Å². The van der Waals surface area contributed by atoms with Gasteiger partial charge in [-0.1, -0.05) is 6.07 Å². The Labute approximate surface area is 127 Å². The maximum absolute atomic E-state index is 13.7. The van der Waals surface area contributed by atoms with Gasteiger partial charge in [0.05, 0.1) is 4.88 Å². The molecule has 0 aliphatic carbocycles. The van der Waals surface area contributed by atoms with E-state index in [9.17, 15) is 9.18 Å². The number of nitrogens with zero attached hydrogens (tertiary/aromatic N) is 1. The summed E-state index contributed by atoms with van der Waals surface area (Å²) in [6.45, 7) is 1.61. The first-order valence-corrected chi connectivity index (χ1v) is 8.09. The number of benzene rings is 1. The standard InChI is InChI=1S/C16H18FNO2S/c17-13-4-1-5-14-12(13)9-15(21-14)16(20)18-7-2-3-11(10-18)6-8-19/h1,4-5,9,11,19H,2-3,6-8,10H2. The highest BCUT2D eigenvalue weighted by Crippen LogP contribution is 2.30. The van der Waals surface area contributed by atoms with Gasteiger partial charge >= 0.3 is 0 Å². The van der Waals surface area contributed by atoms with Gasteiger partial charge in [0, 0.05) is 29.8 Å². The number of piperidine rings is 1. The van der Waals surface area contributed by atoms with Crippen LogP contribution in [0.2, 0.25) is 0 Å². The Hall–Kier alpha value is -1.46. The molecule has 1 N–H and O–H groups in total. The van der Waals surface area contributed by atoms with Crippen molar-refractivity contribution in [1.82, 2.24) is 4.90 Å². The molecular formula is C16H18FNO2S. The molecule has 0 radical (unpaired) electrons. The number of aliphatic hydroxyl groups is 1. The van der Waals surface area contributed by atoms with Gasteiger partial charge in [-0.15, -0.1) is 11.3 Å². The van der Waals surface area contributed by atoms with E-state index >= 15 is 0 Å². The minimum atomic E-state index is -0.278. The van der Waals surface area contributed by atoms with Gasteiger partial charge in [-0.05, 0) is 43.4 Å². The summed E-state index contributed by atoms with van der Waals surface area (Å²) in [5.74, 6) is 0.0802. The quantitative estimate of drug-likeness (QED) is 0.945. The highest BCUT2D eigenvalue weighted by atomic mass is 32.1. The summed E-state index contributed by atoms with van der Waals surface area (Å²) in [6, 6.07) is 6.58. The van der Waals surface area contributed by atoms with Crippen molar-refractivity contribution in [3.63, 3.8) is 0 Å². The van der Waals surface area contributed by atoms with E-state index in [0.717, 1.165) is 30.5 Å². The van der Waals surface area contributed by atoms with E-state index in [1.807, 2.05) is 11.0 Å². The van der Waals surface area contributed by atoms with Gasteiger partial charge in [-0.2, -0.15) is 0 Å². The van der Waals surface area contributed by atoms with E-state index in [0.29, 0.717) is 22.7 Å². The van der Waals surface area contributed by atoms with E-state index in [-0.39, 0.29) is 18.3 Å².